The molecule has 5 nitrogen and oxygen atoms in total. The highest BCUT2D eigenvalue weighted by Gasteiger charge is 2.40. The first-order chi connectivity index (χ1) is 12.7. The van der Waals surface area contributed by atoms with Gasteiger partial charge in [-0.25, -0.2) is 0 Å². The van der Waals surface area contributed by atoms with Crippen molar-refractivity contribution < 1.29 is 9.53 Å². The minimum absolute atomic E-state index is 0.124. The summed E-state index contributed by atoms with van der Waals surface area (Å²) >= 11 is 0. The van der Waals surface area contributed by atoms with Crippen molar-refractivity contribution in [2.45, 2.75) is 44.2 Å². The topological polar surface area (TPSA) is 77.2 Å². The minimum Gasteiger partial charge on any atom is -0.457 e. The minimum atomic E-state index is -0.124. The Morgan fingerprint density at radius 3 is 2.54 bits per heavy atom. The van der Waals surface area contributed by atoms with Crippen molar-refractivity contribution >= 4 is 5.91 Å². The van der Waals surface area contributed by atoms with Gasteiger partial charge in [-0.05, 0) is 55.7 Å². The van der Waals surface area contributed by atoms with Crippen molar-refractivity contribution in [2.75, 3.05) is 0 Å². The van der Waals surface area contributed by atoms with Crippen molar-refractivity contribution in [3.63, 3.8) is 0 Å². The van der Waals surface area contributed by atoms with E-state index in [-0.39, 0.29) is 18.0 Å². The summed E-state index contributed by atoms with van der Waals surface area (Å²) in [5, 5.41) is 3.24. The molecule has 5 heteroatoms. The molecule has 2 atom stereocenters. The third kappa shape index (κ3) is 3.73. The number of fused-ring (bicyclic) bond motifs is 2. The fourth-order valence-corrected chi connectivity index (χ4v) is 4.47. The monoisotopic (exact) mass is 351 g/mol. The molecule has 0 saturated heterocycles. The standard InChI is InChI=1S/C21H25N3O2/c22-16-11-14-5-4-6-15(12-16)20(14)24-21(25)19-13-18(9-10-23-19)26-17-7-2-1-3-8-17/h1-3,7-10,13-16,20H,4-6,11-12,22H2,(H,24,25). The molecule has 1 heterocycles. The van der Waals surface area contributed by atoms with Crippen molar-refractivity contribution in [3.8, 4) is 11.5 Å². The predicted molar refractivity (Wildman–Crippen MR) is 100 cm³/mol. The number of rotatable bonds is 4. The average molecular weight is 351 g/mol. The van der Waals surface area contributed by atoms with Crippen LogP contribution in [-0.4, -0.2) is 23.0 Å². The number of ether oxygens (including phenoxy) is 1. The number of hydrogen-bond donors (Lipinski definition) is 2. The molecular weight excluding hydrogens is 326 g/mol. The Balaban J connectivity index is 1.46. The van der Waals surface area contributed by atoms with Gasteiger partial charge in [-0.1, -0.05) is 24.6 Å². The smallest absolute Gasteiger partial charge is 0.270 e. The van der Waals surface area contributed by atoms with Gasteiger partial charge in [0.1, 0.15) is 17.2 Å². The lowest BCUT2D eigenvalue weighted by Crippen LogP contribution is -2.53. The zero-order valence-electron chi connectivity index (χ0n) is 14.8. The third-order valence-electron chi connectivity index (χ3n) is 5.62. The van der Waals surface area contributed by atoms with Crippen LogP contribution in [0, 0.1) is 11.8 Å². The molecule has 2 unspecified atom stereocenters. The molecule has 2 aromatic rings. The second-order valence-corrected chi connectivity index (χ2v) is 7.47. The zero-order valence-corrected chi connectivity index (χ0v) is 14.8. The number of nitrogens with zero attached hydrogens (tertiary/aromatic N) is 1. The van der Waals surface area contributed by atoms with Crippen molar-refractivity contribution in [3.05, 3.63) is 54.4 Å². The van der Waals surface area contributed by atoms with Crippen LogP contribution in [0.25, 0.3) is 0 Å². The summed E-state index contributed by atoms with van der Waals surface area (Å²) in [5.74, 6) is 2.21. The number of para-hydroxylation sites is 1. The maximum Gasteiger partial charge on any atom is 0.270 e. The maximum absolute atomic E-state index is 12.8. The number of nitrogens with one attached hydrogen (secondary N) is 1. The molecule has 2 saturated carbocycles. The molecule has 136 valence electrons. The Bertz CT molecular complexity index is 751. The molecule has 1 aromatic carbocycles. The maximum atomic E-state index is 12.8. The molecular formula is C21H25N3O2. The lowest BCUT2D eigenvalue weighted by Gasteiger charge is -2.45. The molecule has 0 radical (unpaired) electrons. The number of aromatic nitrogens is 1. The van der Waals surface area contributed by atoms with Crippen LogP contribution < -0.4 is 15.8 Å². The molecule has 3 N–H and O–H groups in total. The van der Waals surface area contributed by atoms with Crippen LogP contribution in [0.5, 0.6) is 11.5 Å². The van der Waals surface area contributed by atoms with E-state index in [9.17, 15) is 4.79 Å². The Labute approximate surface area is 154 Å². The van der Waals surface area contributed by atoms with E-state index in [1.54, 1.807) is 18.3 Å². The van der Waals surface area contributed by atoms with Crippen molar-refractivity contribution in [1.29, 1.82) is 0 Å². The Morgan fingerprint density at radius 2 is 1.81 bits per heavy atom. The number of pyridine rings is 1. The molecule has 2 bridgehead atoms. The van der Waals surface area contributed by atoms with Gasteiger partial charge in [0.05, 0.1) is 0 Å². The van der Waals surface area contributed by atoms with Crippen LogP contribution in [0.4, 0.5) is 0 Å². The van der Waals surface area contributed by atoms with Crippen LogP contribution in [0.15, 0.2) is 48.7 Å². The van der Waals surface area contributed by atoms with Gasteiger partial charge in [0.25, 0.3) is 5.91 Å². The summed E-state index contributed by atoms with van der Waals surface area (Å²) < 4.78 is 5.81. The fourth-order valence-electron chi connectivity index (χ4n) is 4.47. The number of carbonyl (C=O) groups excluding carboxylic acids is 1. The molecule has 4 rings (SSSR count). The fraction of sp³-hybridized carbons (Fsp3) is 0.429. The average Bonchev–Trinajstić information content (AvgIpc) is 2.63. The first-order valence-electron chi connectivity index (χ1n) is 9.44. The van der Waals surface area contributed by atoms with Crippen molar-refractivity contribution in [2.24, 2.45) is 17.6 Å². The van der Waals surface area contributed by atoms with E-state index in [1.807, 2.05) is 30.3 Å². The van der Waals surface area contributed by atoms with Crippen LogP contribution in [0.2, 0.25) is 0 Å². The van der Waals surface area contributed by atoms with Crippen LogP contribution in [-0.2, 0) is 0 Å². The van der Waals surface area contributed by atoms with Crippen LogP contribution >= 0.6 is 0 Å². The number of nitrogens with two attached hydrogens (primary N) is 1. The first kappa shape index (κ1) is 17.0. The molecule has 2 fully saturated rings. The van der Waals surface area contributed by atoms with E-state index in [0.29, 0.717) is 23.3 Å². The number of hydrogen-bond acceptors (Lipinski definition) is 4. The summed E-state index contributed by atoms with van der Waals surface area (Å²) in [4.78, 5) is 17.0. The van der Waals surface area contributed by atoms with E-state index in [1.165, 1.54) is 6.42 Å². The predicted octanol–water partition coefficient (Wildman–Crippen LogP) is 3.51. The molecule has 1 aromatic heterocycles. The summed E-state index contributed by atoms with van der Waals surface area (Å²) in [7, 11) is 0. The van der Waals surface area contributed by atoms with E-state index >= 15 is 0 Å². The SMILES string of the molecule is NC1CC2CCCC(C1)C2NC(=O)c1cc(Oc2ccccc2)ccn1. The first-order valence-corrected chi connectivity index (χ1v) is 9.44. The van der Waals surface area contributed by atoms with Gasteiger partial charge < -0.3 is 15.8 Å². The quantitative estimate of drug-likeness (QED) is 0.884. The summed E-state index contributed by atoms with van der Waals surface area (Å²) in [6, 6.07) is 13.5. The number of carbonyl (C=O) groups is 1. The molecule has 1 amide bonds. The van der Waals surface area contributed by atoms with E-state index in [2.05, 4.69) is 10.3 Å². The summed E-state index contributed by atoms with van der Waals surface area (Å²) in [5.41, 5.74) is 6.58. The highest BCUT2D eigenvalue weighted by Crippen LogP contribution is 2.39. The Kier molecular flexibility index (Phi) is 4.89. The van der Waals surface area contributed by atoms with Gasteiger partial charge in [0.15, 0.2) is 0 Å². The van der Waals surface area contributed by atoms with Crippen LogP contribution in [0.3, 0.4) is 0 Å². The highest BCUT2D eigenvalue weighted by molar-refractivity contribution is 5.92. The number of benzene rings is 1. The molecule has 2 aliphatic carbocycles. The van der Waals surface area contributed by atoms with Gasteiger partial charge in [-0.3, -0.25) is 9.78 Å². The summed E-state index contributed by atoms with van der Waals surface area (Å²) in [6.07, 6.45) is 7.18. The molecule has 0 aliphatic heterocycles. The van der Waals surface area contributed by atoms with Gasteiger partial charge in [-0.15, -0.1) is 0 Å². The zero-order chi connectivity index (χ0) is 17.9. The lowest BCUT2D eigenvalue weighted by molar-refractivity contribution is 0.0751. The van der Waals surface area contributed by atoms with E-state index in [0.717, 1.165) is 31.4 Å². The Hall–Kier alpha value is -2.40. The summed E-state index contributed by atoms with van der Waals surface area (Å²) in [6.45, 7) is 0. The second kappa shape index (κ2) is 7.46. The van der Waals surface area contributed by atoms with E-state index in [4.69, 9.17) is 10.5 Å². The van der Waals surface area contributed by atoms with Gasteiger partial charge in [-0.2, -0.15) is 0 Å². The van der Waals surface area contributed by atoms with Gasteiger partial charge in [0.2, 0.25) is 0 Å². The van der Waals surface area contributed by atoms with Crippen LogP contribution in [0.1, 0.15) is 42.6 Å². The molecule has 2 aliphatic rings. The largest absolute Gasteiger partial charge is 0.457 e. The highest BCUT2D eigenvalue weighted by atomic mass is 16.5. The number of amides is 1. The van der Waals surface area contributed by atoms with Crippen molar-refractivity contribution in [1.82, 2.24) is 10.3 Å². The second-order valence-electron chi connectivity index (χ2n) is 7.47. The normalized spacial score (nSPS) is 27.6. The third-order valence-corrected chi connectivity index (χ3v) is 5.62. The van der Waals surface area contributed by atoms with Gasteiger partial charge >= 0.3 is 0 Å². The molecule has 26 heavy (non-hydrogen) atoms. The van der Waals surface area contributed by atoms with E-state index < -0.39 is 0 Å². The Morgan fingerprint density at radius 1 is 1.08 bits per heavy atom. The van der Waals surface area contributed by atoms with Gasteiger partial charge in [0, 0.05) is 24.3 Å². The molecule has 0 spiro atoms. The lowest BCUT2D eigenvalue weighted by atomic mass is 9.67.